The summed E-state index contributed by atoms with van der Waals surface area (Å²) in [6.45, 7) is 4.54. The number of carbonyl (C=O) groups excluding carboxylic acids is 1. The minimum atomic E-state index is -0.893. The first-order chi connectivity index (χ1) is 7.99. The molecule has 0 spiro atoms. The Hall–Kier alpha value is -1.26. The molecule has 2 unspecified atom stereocenters. The minimum Gasteiger partial charge on any atom is -0.480 e. The van der Waals surface area contributed by atoms with Crippen LogP contribution in [0.15, 0.2) is 0 Å². The minimum absolute atomic E-state index is 0.138. The summed E-state index contributed by atoms with van der Waals surface area (Å²) in [5.41, 5.74) is 0. The molecular formula is C12H22N2O3. The molecule has 1 heterocycles. The van der Waals surface area contributed by atoms with Crippen LogP contribution in [-0.2, 0) is 4.79 Å². The molecule has 0 aromatic rings. The van der Waals surface area contributed by atoms with Crippen molar-refractivity contribution in [1.82, 2.24) is 9.80 Å². The molecule has 17 heavy (non-hydrogen) atoms. The largest absolute Gasteiger partial charge is 0.480 e. The smallest absolute Gasteiger partial charge is 0.326 e. The van der Waals surface area contributed by atoms with Crippen molar-refractivity contribution >= 4 is 12.0 Å². The van der Waals surface area contributed by atoms with E-state index in [0.29, 0.717) is 13.0 Å². The molecule has 1 N–H and O–H groups in total. The number of carbonyl (C=O) groups is 2. The molecule has 1 aliphatic heterocycles. The van der Waals surface area contributed by atoms with Gasteiger partial charge in [0.2, 0.25) is 0 Å². The molecule has 5 heteroatoms. The lowest BCUT2D eigenvalue weighted by Crippen LogP contribution is -2.53. The fourth-order valence-electron chi connectivity index (χ4n) is 2.08. The lowest BCUT2D eigenvalue weighted by Gasteiger charge is -2.37. The van der Waals surface area contributed by atoms with Crippen LogP contribution in [0.25, 0.3) is 0 Å². The molecule has 1 rings (SSSR count). The number of carboxylic acids is 1. The molecule has 5 nitrogen and oxygen atoms in total. The SMILES string of the molecule is CCC(C)N(C)C(=O)N1CCCCC1C(=O)O. The van der Waals surface area contributed by atoms with E-state index in [1.54, 1.807) is 11.9 Å². The van der Waals surface area contributed by atoms with Crippen LogP contribution < -0.4 is 0 Å². The van der Waals surface area contributed by atoms with E-state index in [2.05, 4.69) is 0 Å². The summed E-state index contributed by atoms with van der Waals surface area (Å²) < 4.78 is 0. The van der Waals surface area contributed by atoms with E-state index in [-0.39, 0.29) is 12.1 Å². The summed E-state index contributed by atoms with van der Waals surface area (Å²) in [7, 11) is 1.74. The van der Waals surface area contributed by atoms with Crippen LogP contribution in [0.5, 0.6) is 0 Å². The first-order valence-electron chi connectivity index (χ1n) is 6.25. The quantitative estimate of drug-likeness (QED) is 0.820. The number of piperidine rings is 1. The Kier molecular flexibility index (Phi) is 4.78. The van der Waals surface area contributed by atoms with Crippen molar-refractivity contribution in [3.63, 3.8) is 0 Å². The maximum absolute atomic E-state index is 12.2. The Morgan fingerprint density at radius 2 is 2.12 bits per heavy atom. The van der Waals surface area contributed by atoms with Crippen LogP contribution in [0.4, 0.5) is 4.79 Å². The van der Waals surface area contributed by atoms with Crippen molar-refractivity contribution < 1.29 is 14.7 Å². The van der Waals surface area contributed by atoms with Crippen molar-refractivity contribution in [2.75, 3.05) is 13.6 Å². The first kappa shape index (κ1) is 13.8. The average Bonchev–Trinajstić information content (AvgIpc) is 2.35. The summed E-state index contributed by atoms with van der Waals surface area (Å²) in [5, 5.41) is 9.12. The van der Waals surface area contributed by atoms with Gasteiger partial charge in [-0.2, -0.15) is 0 Å². The Morgan fingerprint density at radius 1 is 1.47 bits per heavy atom. The summed E-state index contributed by atoms with van der Waals surface area (Å²) >= 11 is 0. The third-order valence-corrected chi connectivity index (χ3v) is 3.59. The van der Waals surface area contributed by atoms with E-state index in [4.69, 9.17) is 5.11 Å². The van der Waals surface area contributed by atoms with Crippen molar-refractivity contribution in [2.45, 2.75) is 51.6 Å². The molecule has 0 aromatic heterocycles. The summed E-state index contributed by atoms with van der Waals surface area (Å²) in [6.07, 6.45) is 3.21. The molecule has 98 valence electrons. The molecule has 0 aromatic carbocycles. The number of amides is 2. The number of hydrogen-bond donors (Lipinski definition) is 1. The van der Waals surface area contributed by atoms with Gasteiger partial charge in [-0.15, -0.1) is 0 Å². The van der Waals surface area contributed by atoms with Crippen LogP contribution in [0.1, 0.15) is 39.5 Å². The number of likely N-dealkylation sites (tertiary alicyclic amines) is 1. The lowest BCUT2D eigenvalue weighted by molar-refractivity contribution is -0.143. The van der Waals surface area contributed by atoms with E-state index in [1.165, 1.54) is 4.90 Å². The fraction of sp³-hybridized carbons (Fsp3) is 0.833. The number of nitrogens with zero attached hydrogens (tertiary/aromatic N) is 2. The van der Waals surface area contributed by atoms with Crippen molar-refractivity contribution in [3.05, 3.63) is 0 Å². The maximum atomic E-state index is 12.2. The van der Waals surface area contributed by atoms with Crippen LogP contribution in [0, 0.1) is 0 Å². The average molecular weight is 242 g/mol. The van der Waals surface area contributed by atoms with E-state index >= 15 is 0 Å². The van der Waals surface area contributed by atoms with Gasteiger partial charge in [0.15, 0.2) is 0 Å². The summed E-state index contributed by atoms with van der Waals surface area (Å²) in [4.78, 5) is 26.5. The third kappa shape index (κ3) is 3.11. The van der Waals surface area contributed by atoms with E-state index < -0.39 is 12.0 Å². The Morgan fingerprint density at radius 3 is 2.65 bits per heavy atom. The second-order valence-corrected chi connectivity index (χ2v) is 4.69. The normalized spacial score (nSPS) is 22.1. The Balaban J connectivity index is 2.74. The topological polar surface area (TPSA) is 60.9 Å². The number of rotatable bonds is 3. The monoisotopic (exact) mass is 242 g/mol. The van der Waals surface area contributed by atoms with Crippen LogP contribution >= 0.6 is 0 Å². The number of carboxylic acid groups (broad SMARTS) is 1. The predicted molar refractivity (Wildman–Crippen MR) is 64.9 cm³/mol. The highest BCUT2D eigenvalue weighted by Gasteiger charge is 2.34. The molecule has 0 aliphatic carbocycles. The lowest BCUT2D eigenvalue weighted by atomic mass is 10.0. The number of aliphatic carboxylic acids is 1. The highest BCUT2D eigenvalue weighted by atomic mass is 16.4. The molecule has 0 radical (unpaired) electrons. The van der Waals surface area contributed by atoms with Gasteiger partial charge in [0.25, 0.3) is 0 Å². The van der Waals surface area contributed by atoms with Gasteiger partial charge in [-0.1, -0.05) is 6.92 Å². The highest BCUT2D eigenvalue weighted by molar-refractivity contribution is 5.83. The van der Waals surface area contributed by atoms with E-state index in [1.807, 2.05) is 13.8 Å². The predicted octanol–water partition coefficient (Wildman–Crippen LogP) is 1.78. The third-order valence-electron chi connectivity index (χ3n) is 3.59. The fourth-order valence-corrected chi connectivity index (χ4v) is 2.08. The van der Waals surface area contributed by atoms with Crippen LogP contribution in [0.3, 0.4) is 0 Å². The van der Waals surface area contributed by atoms with Crippen LogP contribution in [0.2, 0.25) is 0 Å². The molecule has 1 aliphatic rings. The van der Waals surface area contributed by atoms with Gasteiger partial charge in [0, 0.05) is 19.6 Å². The van der Waals surface area contributed by atoms with Crippen LogP contribution in [-0.4, -0.2) is 52.6 Å². The Labute approximate surface area is 102 Å². The van der Waals surface area contributed by atoms with Gasteiger partial charge >= 0.3 is 12.0 Å². The second-order valence-electron chi connectivity index (χ2n) is 4.69. The van der Waals surface area contributed by atoms with E-state index in [9.17, 15) is 9.59 Å². The van der Waals surface area contributed by atoms with Gasteiger partial charge in [0.05, 0.1) is 0 Å². The number of urea groups is 1. The maximum Gasteiger partial charge on any atom is 0.326 e. The second kappa shape index (κ2) is 5.89. The zero-order valence-electron chi connectivity index (χ0n) is 10.8. The molecule has 1 fully saturated rings. The first-order valence-corrected chi connectivity index (χ1v) is 6.25. The molecule has 1 saturated heterocycles. The molecule has 0 bridgehead atoms. The van der Waals surface area contributed by atoms with Crippen molar-refractivity contribution in [2.24, 2.45) is 0 Å². The zero-order chi connectivity index (χ0) is 13.0. The molecule has 2 atom stereocenters. The van der Waals surface area contributed by atoms with Gasteiger partial charge in [-0.05, 0) is 32.6 Å². The zero-order valence-corrected chi connectivity index (χ0v) is 10.8. The van der Waals surface area contributed by atoms with E-state index in [0.717, 1.165) is 19.3 Å². The van der Waals surface area contributed by atoms with Gasteiger partial charge in [-0.3, -0.25) is 0 Å². The molecule has 2 amide bonds. The molecule has 0 saturated carbocycles. The van der Waals surface area contributed by atoms with Gasteiger partial charge in [0.1, 0.15) is 6.04 Å². The van der Waals surface area contributed by atoms with Crippen molar-refractivity contribution in [3.8, 4) is 0 Å². The molecular weight excluding hydrogens is 220 g/mol. The van der Waals surface area contributed by atoms with Crippen molar-refractivity contribution in [1.29, 1.82) is 0 Å². The van der Waals surface area contributed by atoms with Gasteiger partial charge < -0.3 is 14.9 Å². The standard InChI is InChI=1S/C12H22N2O3/c1-4-9(2)13(3)12(17)14-8-6-5-7-10(14)11(15)16/h9-10H,4-8H2,1-3H3,(H,15,16). The number of hydrogen-bond acceptors (Lipinski definition) is 2. The summed E-state index contributed by atoms with van der Waals surface area (Å²) in [5.74, 6) is -0.893. The summed E-state index contributed by atoms with van der Waals surface area (Å²) in [6, 6.07) is -0.673. The highest BCUT2D eigenvalue weighted by Crippen LogP contribution is 2.19. The Bertz CT molecular complexity index is 293. The van der Waals surface area contributed by atoms with Gasteiger partial charge in [-0.25, -0.2) is 9.59 Å².